The van der Waals surface area contributed by atoms with Crippen LogP contribution < -0.4 is 9.64 Å². The van der Waals surface area contributed by atoms with Gasteiger partial charge in [0, 0.05) is 13.0 Å². The van der Waals surface area contributed by atoms with Gasteiger partial charge < -0.3 is 9.64 Å². The molecule has 0 spiro atoms. The molecule has 3 nitrogen and oxygen atoms in total. The molecule has 0 saturated heterocycles. The van der Waals surface area contributed by atoms with Crippen LogP contribution in [-0.4, -0.2) is 26.5 Å². The van der Waals surface area contributed by atoms with Crippen molar-refractivity contribution < 1.29 is 9.53 Å². The van der Waals surface area contributed by atoms with Crippen LogP contribution in [0.2, 0.25) is 0 Å². The quantitative estimate of drug-likeness (QED) is 0.759. The third kappa shape index (κ3) is 2.35. The normalized spacial score (nSPS) is 14.6. The zero-order chi connectivity index (χ0) is 11.5. The molecule has 1 saturated carbocycles. The van der Waals surface area contributed by atoms with E-state index in [-0.39, 0.29) is 0 Å². The molecule has 86 valence electrons. The Morgan fingerprint density at radius 3 is 2.75 bits per heavy atom. The molecule has 1 aliphatic rings. The number of ether oxygens (including phenoxy) is 1. The third-order valence-corrected chi connectivity index (χ3v) is 2.92. The lowest BCUT2D eigenvalue weighted by Crippen LogP contribution is -2.26. The van der Waals surface area contributed by atoms with Crippen LogP contribution in [0.4, 0.5) is 5.69 Å². The molecule has 0 unspecified atom stereocenters. The average Bonchev–Trinajstić information content (AvgIpc) is 3.12. The van der Waals surface area contributed by atoms with Crippen LogP contribution in [0.3, 0.4) is 0 Å². The van der Waals surface area contributed by atoms with Crippen molar-refractivity contribution in [3.63, 3.8) is 0 Å². The summed E-state index contributed by atoms with van der Waals surface area (Å²) in [4.78, 5) is 13.7. The Labute approximate surface area is 96.0 Å². The molecule has 1 aromatic carbocycles. The van der Waals surface area contributed by atoms with Gasteiger partial charge in [-0.25, -0.2) is 0 Å². The Balaban J connectivity index is 2.06. The molecular weight excluding hydrogens is 202 g/mol. The number of carbonyl (C=O) groups is 1. The second kappa shape index (κ2) is 4.56. The van der Waals surface area contributed by atoms with Gasteiger partial charge in [0.2, 0.25) is 0 Å². The smallest absolute Gasteiger partial charge is 0.155 e. The number of likely N-dealkylation sites (N-methyl/N-ethyl adjacent to an activating group) is 1. The van der Waals surface area contributed by atoms with Gasteiger partial charge in [-0.1, -0.05) is 12.1 Å². The van der Waals surface area contributed by atoms with E-state index >= 15 is 0 Å². The first-order valence-corrected chi connectivity index (χ1v) is 5.59. The van der Waals surface area contributed by atoms with Crippen LogP contribution in [0.15, 0.2) is 24.3 Å². The fourth-order valence-electron chi connectivity index (χ4n) is 1.80. The molecule has 1 aliphatic carbocycles. The molecule has 0 N–H and O–H groups in total. The van der Waals surface area contributed by atoms with E-state index in [1.807, 2.05) is 36.2 Å². The first-order chi connectivity index (χ1) is 7.72. The van der Waals surface area contributed by atoms with Crippen LogP contribution in [-0.2, 0) is 4.79 Å². The van der Waals surface area contributed by atoms with E-state index in [0.29, 0.717) is 18.2 Å². The van der Waals surface area contributed by atoms with Crippen molar-refractivity contribution in [1.82, 2.24) is 0 Å². The average molecular weight is 219 g/mol. The van der Waals surface area contributed by atoms with E-state index in [9.17, 15) is 4.79 Å². The first-order valence-electron chi connectivity index (χ1n) is 5.59. The van der Waals surface area contributed by atoms with Crippen LogP contribution in [0, 0.1) is 5.92 Å². The third-order valence-electron chi connectivity index (χ3n) is 2.92. The summed E-state index contributed by atoms with van der Waals surface area (Å²) in [6.07, 6.45) is 2.14. The number of ketones is 1. The maximum absolute atomic E-state index is 11.7. The van der Waals surface area contributed by atoms with Crippen molar-refractivity contribution in [3.8, 4) is 5.75 Å². The second-order valence-corrected chi connectivity index (χ2v) is 4.27. The highest BCUT2D eigenvalue weighted by Gasteiger charge is 2.30. The van der Waals surface area contributed by atoms with Gasteiger partial charge in [0.25, 0.3) is 0 Å². The highest BCUT2D eigenvalue weighted by Crippen LogP contribution is 2.31. The number of nitrogens with zero attached hydrogens (tertiary/aromatic N) is 1. The summed E-state index contributed by atoms with van der Waals surface area (Å²) in [5.74, 6) is 1.47. The maximum Gasteiger partial charge on any atom is 0.155 e. The van der Waals surface area contributed by atoms with E-state index in [1.54, 1.807) is 7.11 Å². The lowest BCUT2D eigenvalue weighted by molar-refractivity contribution is -0.118. The summed E-state index contributed by atoms with van der Waals surface area (Å²) in [6.45, 7) is 0.477. The Bertz CT molecular complexity index is 385. The molecule has 0 atom stereocenters. The van der Waals surface area contributed by atoms with Gasteiger partial charge in [0.1, 0.15) is 5.75 Å². The lowest BCUT2D eigenvalue weighted by Gasteiger charge is -2.20. The van der Waals surface area contributed by atoms with E-state index in [0.717, 1.165) is 24.3 Å². The van der Waals surface area contributed by atoms with Gasteiger partial charge in [0.05, 0.1) is 19.3 Å². The van der Waals surface area contributed by atoms with Crippen molar-refractivity contribution >= 4 is 11.5 Å². The molecule has 2 rings (SSSR count). The zero-order valence-corrected chi connectivity index (χ0v) is 9.77. The standard InChI is InChI=1S/C13H17NO2/c1-14(9-12(15)10-7-8-10)11-5-3-4-6-13(11)16-2/h3-6,10H,7-9H2,1-2H3. The molecule has 0 aliphatic heterocycles. The first kappa shape index (κ1) is 11.0. The molecular formula is C13H17NO2. The lowest BCUT2D eigenvalue weighted by atomic mass is 10.2. The number of rotatable bonds is 5. The van der Waals surface area contributed by atoms with Gasteiger partial charge in [0.15, 0.2) is 5.78 Å². The van der Waals surface area contributed by atoms with Crippen LogP contribution in [0.5, 0.6) is 5.75 Å². The number of anilines is 1. The minimum Gasteiger partial charge on any atom is -0.495 e. The maximum atomic E-state index is 11.7. The molecule has 1 fully saturated rings. The number of carbonyl (C=O) groups excluding carboxylic acids is 1. The summed E-state index contributed by atoms with van der Waals surface area (Å²) in [5.41, 5.74) is 0.971. The van der Waals surface area contributed by atoms with E-state index in [4.69, 9.17) is 4.74 Å². The number of hydrogen-bond donors (Lipinski definition) is 0. The highest BCUT2D eigenvalue weighted by atomic mass is 16.5. The Morgan fingerprint density at radius 2 is 2.12 bits per heavy atom. The van der Waals surface area contributed by atoms with Gasteiger partial charge in [-0.3, -0.25) is 4.79 Å². The zero-order valence-electron chi connectivity index (χ0n) is 9.77. The van der Waals surface area contributed by atoms with Crippen LogP contribution >= 0.6 is 0 Å². The summed E-state index contributed by atoms with van der Waals surface area (Å²) < 4.78 is 5.27. The van der Waals surface area contributed by atoms with Crippen LogP contribution in [0.25, 0.3) is 0 Å². The Morgan fingerprint density at radius 1 is 1.44 bits per heavy atom. The molecule has 0 amide bonds. The largest absolute Gasteiger partial charge is 0.495 e. The number of methoxy groups -OCH3 is 1. The van der Waals surface area contributed by atoms with Gasteiger partial charge >= 0.3 is 0 Å². The Kier molecular flexibility index (Phi) is 3.13. The minimum absolute atomic E-state index is 0.317. The van der Waals surface area contributed by atoms with Crippen molar-refractivity contribution in [1.29, 1.82) is 0 Å². The topological polar surface area (TPSA) is 29.5 Å². The van der Waals surface area contributed by atoms with Crippen molar-refractivity contribution in [2.45, 2.75) is 12.8 Å². The predicted molar refractivity (Wildman–Crippen MR) is 64.0 cm³/mol. The van der Waals surface area contributed by atoms with Crippen molar-refractivity contribution in [2.75, 3.05) is 25.6 Å². The molecule has 1 aromatic rings. The van der Waals surface area contributed by atoms with E-state index in [2.05, 4.69) is 0 Å². The van der Waals surface area contributed by atoms with E-state index in [1.165, 1.54) is 0 Å². The van der Waals surface area contributed by atoms with E-state index < -0.39 is 0 Å². The predicted octanol–water partition coefficient (Wildman–Crippen LogP) is 2.11. The number of para-hydroxylation sites is 2. The minimum atomic E-state index is 0.317. The molecule has 3 heteroatoms. The van der Waals surface area contributed by atoms with Crippen LogP contribution in [0.1, 0.15) is 12.8 Å². The van der Waals surface area contributed by atoms with Gasteiger partial charge in [-0.05, 0) is 25.0 Å². The second-order valence-electron chi connectivity index (χ2n) is 4.27. The van der Waals surface area contributed by atoms with Crippen molar-refractivity contribution in [3.05, 3.63) is 24.3 Å². The monoisotopic (exact) mass is 219 g/mol. The summed E-state index contributed by atoms with van der Waals surface area (Å²) in [6, 6.07) is 7.77. The SMILES string of the molecule is COc1ccccc1N(C)CC(=O)C1CC1. The number of Topliss-reactive ketones (excluding diaryl/α,β-unsaturated/α-hetero) is 1. The molecule has 0 aromatic heterocycles. The summed E-state index contributed by atoms with van der Waals surface area (Å²) >= 11 is 0. The fourth-order valence-corrected chi connectivity index (χ4v) is 1.80. The summed E-state index contributed by atoms with van der Waals surface area (Å²) in [5, 5.41) is 0. The Hall–Kier alpha value is -1.51. The molecule has 0 radical (unpaired) electrons. The highest BCUT2D eigenvalue weighted by molar-refractivity contribution is 5.87. The van der Waals surface area contributed by atoms with Gasteiger partial charge in [-0.2, -0.15) is 0 Å². The van der Waals surface area contributed by atoms with Gasteiger partial charge in [-0.15, -0.1) is 0 Å². The molecule has 16 heavy (non-hydrogen) atoms. The fraction of sp³-hybridized carbons (Fsp3) is 0.462. The summed E-state index contributed by atoms with van der Waals surface area (Å²) in [7, 11) is 3.58. The number of benzene rings is 1. The molecule has 0 bridgehead atoms. The number of hydrogen-bond acceptors (Lipinski definition) is 3. The molecule has 0 heterocycles. The van der Waals surface area contributed by atoms with Crippen molar-refractivity contribution in [2.24, 2.45) is 5.92 Å².